The molecule has 0 bridgehead atoms. The van der Waals surface area contributed by atoms with Gasteiger partial charge in [0.25, 0.3) is 0 Å². The highest BCUT2D eigenvalue weighted by atomic mass is 79.9. The molecule has 1 atom stereocenters. The van der Waals surface area contributed by atoms with Gasteiger partial charge in [-0.05, 0) is 34.1 Å². The first-order chi connectivity index (χ1) is 8.90. The molecule has 0 aromatic heterocycles. The van der Waals surface area contributed by atoms with Gasteiger partial charge in [-0.25, -0.2) is 13.1 Å². The molecule has 19 heavy (non-hydrogen) atoms. The van der Waals surface area contributed by atoms with Crippen LogP contribution in [0.2, 0.25) is 0 Å². The van der Waals surface area contributed by atoms with Crippen molar-refractivity contribution in [1.82, 2.24) is 4.72 Å². The molecular weight excluding hydrogens is 354 g/mol. The van der Waals surface area contributed by atoms with E-state index in [0.717, 1.165) is 0 Å². The molecule has 0 radical (unpaired) electrons. The molecule has 0 spiro atoms. The number of hydrogen-bond donors (Lipinski definition) is 1. The molecule has 0 fully saturated rings. The summed E-state index contributed by atoms with van der Waals surface area (Å²) in [6, 6.07) is 4.50. The second-order valence-electron chi connectivity index (χ2n) is 3.63. The zero-order valence-corrected chi connectivity index (χ0v) is 13.9. The number of rotatable bonds is 7. The molecule has 5 nitrogen and oxygen atoms in total. The lowest BCUT2D eigenvalue weighted by atomic mass is 10.3. The Balaban J connectivity index is 2.77. The van der Waals surface area contributed by atoms with Crippen LogP contribution in [0.3, 0.4) is 0 Å². The lowest BCUT2D eigenvalue weighted by Gasteiger charge is -2.08. The van der Waals surface area contributed by atoms with Crippen LogP contribution in [0, 0.1) is 0 Å². The maximum Gasteiger partial charge on any atom is 0.240 e. The van der Waals surface area contributed by atoms with Crippen LogP contribution >= 0.6 is 15.9 Å². The molecule has 1 unspecified atom stereocenters. The largest absolute Gasteiger partial charge is 0.496 e. The molecule has 1 N–H and O–H groups in total. The van der Waals surface area contributed by atoms with E-state index in [0.29, 0.717) is 21.7 Å². The minimum Gasteiger partial charge on any atom is -0.496 e. The average molecular weight is 370 g/mol. The van der Waals surface area contributed by atoms with Gasteiger partial charge in [0.15, 0.2) is 0 Å². The molecule has 0 aliphatic carbocycles. The Bertz CT molecular complexity index is 560. The van der Waals surface area contributed by atoms with Gasteiger partial charge in [0, 0.05) is 28.9 Å². The van der Waals surface area contributed by atoms with Gasteiger partial charge in [-0.3, -0.25) is 4.21 Å². The molecule has 108 valence electrons. The van der Waals surface area contributed by atoms with Crippen molar-refractivity contribution in [2.45, 2.75) is 11.8 Å². The second kappa shape index (κ2) is 7.37. The molecule has 0 aliphatic heterocycles. The van der Waals surface area contributed by atoms with E-state index in [-0.39, 0.29) is 11.4 Å². The first kappa shape index (κ1) is 16.6. The van der Waals surface area contributed by atoms with Crippen LogP contribution in [-0.2, 0) is 20.8 Å². The lowest BCUT2D eigenvalue weighted by molar-refractivity contribution is 0.411. The van der Waals surface area contributed by atoms with Crippen molar-refractivity contribution in [1.29, 1.82) is 0 Å². The molecule has 0 saturated heterocycles. The monoisotopic (exact) mass is 369 g/mol. The van der Waals surface area contributed by atoms with Gasteiger partial charge in [0.2, 0.25) is 10.0 Å². The Morgan fingerprint density at radius 2 is 2.11 bits per heavy atom. The standard InChI is InChI=1S/C11H16BrNO4S2/c1-3-18(14)7-6-13-19(15,16)9-4-5-11(17-2)10(12)8-9/h4-5,8,13H,3,6-7H2,1-2H3. The van der Waals surface area contributed by atoms with E-state index in [2.05, 4.69) is 20.7 Å². The van der Waals surface area contributed by atoms with Gasteiger partial charge in [0.1, 0.15) is 5.75 Å². The number of nitrogens with one attached hydrogen (secondary N) is 1. The number of methoxy groups -OCH3 is 1. The predicted octanol–water partition coefficient (Wildman–Crippen LogP) is 1.50. The number of benzene rings is 1. The first-order valence-corrected chi connectivity index (χ1v) is 9.35. The average Bonchev–Trinajstić information content (AvgIpc) is 2.38. The summed E-state index contributed by atoms with van der Waals surface area (Å²) in [5.74, 6) is 1.40. The summed E-state index contributed by atoms with van der Waals surface area (Å²) in [5.41, 5.74) is 0. The van der Waals surface area contributed by atoms with E-state index in [1.54, 1.807) is 13.0 Å². The third-order valence-corrected chi connectivity index (χ3v) is 5.76. The Morgan fingerprint density at radius 3 is 2.63 bits per heavy atom. The molecule has 1 rings (SSSR count). The van der Waals surface area contributed by atoms with E-state index < -0.39 is 20.8 Å². The zero-order valence-electron chi connectivity index (χ0n) is 10.7. The molecular formula is C11H16BrNO4S2. The first-order valence-electron chi connectivity index (χ1n) is 5.59. The van der Waals surface area contributed by atoms with Crippen LogP contribution in [0.4, 0.5) is 0 Å². The zero-order chi connectivity index (χ0) is 14.5. The van der Waals surface area contributed by atoms with E-state index in [1.807, 2.05) is 0 Å². The topological polar surface area (TPSA) is 72.5 Å². The normalized spacial score (nSPS) is 13.2. The van der Waals surface area contributed by atoms with E-state index in [9.17, 15) is 12.6 Å². The summed E-state index contributed by atoms with van der Waals surface area (Å²) < 4.78 is 43.2. The molecule has 1 aromatic carbocycles. The van der Waals surface area contributed by atoms with Crippen molar-refractivity contribution in [3.8, 4) is 5.75 Å². The van der Waals surface area contributed by atoms with Crippen molar-refractivity contribution in [2.75, 3.05) is 25.2 Å². The summed E-state index contributed by atoms with van der Waals surface area (Å²) in [4.78, 5) is 0.141. The predicted molar refractivity (Wildman–Crippen MR) is 79.4 cm³/mol. The van der Waals surface area contributed by atoms with Crippen LogP contribution in [0.1, 0.15) is 6.92 Å². The maximum atomic E-state index is 12.0. The number of hydrogen-bond acceptors (Lipinski definition) is 4. The Kier molecular flexibility index (Phi) is 6.45. The van der Waals surface area contributed by atoms with Crippen molar-refractivity contribution in [3.63, 3.8) is 0 Å². The van der Waals surface area contributed by atoms with Gasteiger partial charge >= 0.3 is 0 Å². The highest BCUT2D eigenvalue weighted by Crippen LogP contribution is 2.27. The maximum absolute atomic E-state index is 12.0. The van der Waals surface area contributed by atoms with Crippen LogP contribution in [0.25, 0.3) is 0 Å². The van der Waals surface area contributed by atoms with E-state index >= 15 is 0 Å². The van der Waals surface area contributed by atoms with Crippen LogP contribution < -0.4 is 9.46 Å². The molecule has 1 aromatic rings. The van der Waals surface area contributed by atoms with Crippen molar-refractivity contribution in [2.24, 2.45) is 0 Å². The van der Waals surface area contributed by atoms with Gasteiger partial charge in [0.05, 0.1) is 16.5 Å². The Morgan fingerprint density at radius 1 is 1.42 bits per heavy atom. The Hall–Kier alpha value is -0.440. The van der Waals surface area contributed by atoms with Gasteiger partial charge < -0.3 is 4.74 Å². The van der Waals surface area contributed by atoms with Crippen molar-refractivity contribution in [3.05, 3.63) is 22.7 Å². The van der Waals surface area contributed by atoms with Gasteiger partial charge in [-0.1, -0.05) is 6.92 Å². The summed E-state index contributed by atoms with van der Waals surface area (Å²) in [6.45, 7) is 1.96. The SMILES string of the molecule is CCS(=O)CCNS(=O)(=O)c1ccc(OC)c(Br)c1. The molecule has 0 aliphatic rings. The molecule has 0 saturated carbocycles. The summed E-state index contributed by atoms with van der Waals surface area (Å²) in [5, 5.41) is 0. The van der Waals surface area contributed by atoms with Crippen LogP contribution in [-0.4, -0.2) is 37.8 Å². The highest BCUT2D eigenvalue weighted by Gasteiger charge is 2.15. The summed E-state index contributed by atoms with van der Waals surface area (Å²) in [6.07, 6.45) is 0. The van der Waals surface area contributed by atoms with Crippen LogP contribution in [0.5, 0.6) is 5.75 Å². The van der Waals surface area contributed by atoms with E-state index in [4.69, 9.17) is 4.74 Å². The number of sulfonamides is 1. The fourth-order valence-corrected chi connectivity index (χ4v) is 3.83. The minimum atomic E-state index is -3.58. The van der Waals surface area contributed by atoms with Crippen LogP contribution in [0.15, 0.2) is 27.6 Å². The fourth-order valence-electron chi connectivity index (χ4n) is 1.33. The number of halogens is 1. The quantitative estimate of drug-likeness (QED) is 0.790. The minimum absolute atomic E-state index is 0.141. The van der Waals surface area contributed by atoms with E-state index in [1.165, 1.54) is 19.2 Å². The Labute approximate surface area is 124 Å². The van der Waals surface area contributed by atoms with Gasteiger partial charge in [-0.2, -0.15) is 0 Å². The molecule has 8 heteroatoms. The third kappa shape index (κ3) is 4.87. The smallest absolute Gasteiger partial charge is 0.240 e. The second-order valence-corrected chi connectivity index (χ2v) is 8.11. The number of ether oxygens (including phenoxy) is 1. The fraction of sp³-hybridized carbons (Fsp3) is 0.455. The summed E-state index contributed by atoms with van der Waals surface area (Å²) >= 11 is 3.24. The van der Waals surface area contributed by atoms with Crippen molar-refractivity contribution < 1.29 is 17.4 Å². The lowest BCUT2D eigenvalue weighted by Crippen LogP contribution is -2.28. The van der Waals surface area contributed by atoms with Crippen molar-refractivity contribution >= 4 is 36.8 Å². The third-order valence-electron chi connectivity index (χ3n) is 2.38. The van der Waals surface area contributed by atoms with Gasteiger partial charge in [-0.15, -0.1) is 0 Å². The molecule has 0 heterocycles. The molecule has 0 amide bonds. The highest BCUT2D eigenvalue weighted by molar-refractivity contribution is 9.10. The summed E-state index contributed by atoms with van der Waals surface area (Å²) in [7, 11) is -3.06.